The first-order chi connectivity index (χ1) is 11.2. The number of carboxylic acid groups (broad SMARTS) is 1. The third-order valence-electron chi connectivity index (χ3n) is 4.03. The number of hydrogen-bond donors (Lipinski definition) is 2. The second kappa shape index (κ2) is 7.24. The summed E-state index contributed by atoms with van der Waals surface area (Å²) >= 11 is 0. The molecule has 2 rings (SSSR count). The smallest absolute Gasteiger partial charge is 0.317 e. The van der Waals surface area contributed by atoms with Crippen LogP contribution in [0.4, 0.5) is 5.69 Å². The molecular formula is C14H19N3O6S. The predicted molar refractivity (Wildman–Crippen MR) is 85.1 cm³/mol. The highest BCUT2D eigenvalue weighted by atomic mass is 32.2. The van der Waals surface area contributed by atoms with E-state index in [1.54, 1.807) is 4.90 Å². The standard InChI is InChI=1S/C14H19N3O6S/c1-2-16(9-14(18)19)12-6-10(7-12)15-24(22,23)13-5-3-4-11(8-13)17(20)21/h3-5,8,10,12,15H,2,6-7,9H2,1H3,(H,18,19). The van der Waals surface area contributed by atoms with Crippen LogP contribution in [0.3, 0.4) is 0 Å². The molecule has 24 heavy (non-hydrogen) atoms. The van der Waals surface area contributed by atoms with Crippen LogP contribution >= 0.6 is 0 Å². The minimum Gasteiger partial charge on any atom is -0.480 e. The van der Waals surface area contributed by atoms with Crippen molar-refractivity contribution in [2.24, 2.45) is 0 Å². The van der Waals surface area contributed by atoms with E-state index >= 15 is 0 Å². The van der Waals surface area contributed by atoms with Gasteiger partial charge in [-0.1, -0.05) is 13.0 Å². The van der Waals surface area contributed by atoms with Crippen LogP contribution in [0.5, 0.6) is 0 Å². The Balaban J connectivity index is 1.98. The summed E-state index contributed by atoms with van der Waals surface area (Å²) in [5.41, 5.74) is -0.289. The van der Waals surface area contributed by atoms with E-state index in [-0.39, 0.29) is 29.2 Å². The number of sulfonamides is 1. The van der Waals surface area contributed by atoms with Gasteiger partial charge in [-0.2, -0.15) is 0 Å². The van der Waals surface area contributed by atoms with E-state index in [1.807, 2.05) is 6.92 Å². The average molecular weight is 357 g/mol. The SMILES string of the molecule is CCN(CC(=O)O)C1CC(NS(=O)(=O)c2cccc([N+](=O)[O-])c2)C1. The fraction of sp³-hybridized carbons (Fsp3) is 0.500. The van der Waals surface area contributed by atoms with E-state index in [0.717, 1.165) is 6.07 Å². The van der Waals surface area contributed by atoms with E-state index in [4.69, 9.17) is 5.11 Å². The first-order valence-electron chi connectivity index (χ1n) is 7.45. The van der Waals surface area contributed by atoms with Gasteiger partial charge < -0.3 is 5.11 Å². The quantitative estimate of drug-likeness (QED) is 0.520. The van der Waals surface area contributed by atoms with Crippen molar-refractivity contribution >= 4 is 21.7 Å². The largest absolute Gasteiger partial charge is 0.480 e. The van der Waals surface area contributed by atoms with Crippen LogP contribution < -0.4 is 4.72 Å². The molecule has 0 spiro atoms. The second-order valence-corrected chi connectivity index (χ2v) is 7.37. The van der Waals surface area contributed by atoms with Gasteiger partial charge in [0.2, 0.25) is 10.0 Å². The van der Waals surface area contributed by atoms with Crippen molar-refractivity contribution in [3.63, 3.8) is 0 Å². The number of carbonyl (C=O) groups is 1. The second-order valence-electron chi connectivity index (χ2n) is 5.65. The van der Waals surface area contributed by atoms with E-state index < -0.39 is 20.9 Å². The van der Waals surface area contributed by atoms with Crippen LogP contribution in [0.1, 0.15) is 19.8 Å². The third-order valence-corrected chi connectivity index (χ3v) is 5.55. The summed E-state index contributed by atoms with van der Waals surface area (Å²) < 4.78 is 27.1. The molecule has 0 heterocycles. The Morgan fingerprint density at radius 1 is 1.46 bits per heavy atom. The molecule has 0 radical (unpaired) electrons. The van der Waals surface area contributed by atoms with Crippen molar-refractivity contribution in [1.29, 1.82) is 0 Å². The molecule has 132 valence electrons. The van der Waals surface area contributed by atoms with Crippen molar-refractivity contribution < 1.29 is 23.2 Å². The molecule has 9 nitrogen and oxygen atoms in total. The van der Waals surface area contributed by atoms with Gasteiger partial charge in [-0.3, -0.25) is 19.8 Å². The number of nitrogens with one attached hydrogen (secondary N) is 1. The molecule has 0 saturated heterocycles. The van der Waals surface area contributed by atoms with Gasteiger partial charge in [-0.25, -0.2) is 13.1 Å². The number of nitrogens with zero attached hydrogens (tertiary/aromatic N) is 2. The summed E-state index contributed by atoms with van der Waals surface area (Å²) in [6, 6.07) is 4.58. The average Bonchev–Trinajstić information content (AvgIpc) is 2.48. The van der Waals surface area contributed by atoms with Crippen LogP contribution in [-0.4, -0.2) is 54.5 Å². The number of carboxylic acids is 1. The Morgan fingerprint density at radius 3 is 2.67 bits per heavy atom. The molecule has 1 aliphatic carbocycles. The molecule has 0 unspecified atom stereocenters. The fourth-order valence-corrected chi connectivity index (χ4v) is 4.01. The predicted octanol–water partition coefficient (Wildman–Crippen LogP) is 0.811. The number of nitro benzene ring substituents is 1. The van der Waals surface area contributed by atoms with Crippen LogP contribution in [0, 0.1) is 10.1 Å². The zero-order valence-corrected chi connectivity index (χ0v) is 13.9. The van der Waals surface area contributed by atoms with Gasteiger partial charge in [0, 0.05) is 24.2 Å². The summed E-state index contributed by atoms with van der Waals surface area (Å²) in [5, 5.41) is 19.6. The van der Waals surface area contributed by atoms with Crippen molar-refractivity contribution in [2.45, 2.75) is 36.7 Å². The number of likely N-dealkylation sites (N-methyl/N-ethyl adjacent to an activating group) is 1. The lowest BCUT2D eigenvalue weighted by Crippen LogP contribution is -2.54. The first-order valence-corrected chi connectivity index (χ1v) is 8.94. The van der Waals surface area contributed by atoms with Gasteiger partial charge in [0.25, 0.3) is 5.69 Å². The molecule has 1 fully saturated rings. The molecule has 0 atom stereocenters. The van der Waals surface area contributed by atoms with Gasteiger partial charge in [0.05, 0.1) is 16.4 Å². The number of hydrogen-bond acceptors (Lipinski definition) is 6. The molecule has 1 aliphatic rings. The minimum absolute atomic E-state index is 0.0175. The van der Waals surface area contributed by atoms with Crippen molar-refractivity contribution in [1.82, 2.24) is 9.62 Å². The van der Waals surface area contributed by atoms with Gasteiger partial charge in [-0.15, -0.1) is 0 Å². The Morgan fingerprint density at radius 2 is 2.12 bits per heavy atom. The zero-order chi connectivity index (χ0) is 17.9. The van der Waals surface area contributed by atoms with Crippen LogP contribution in [0.15, 0.2) is 29.2 Å². The van der Waals surface area contributed by atoms with Gasteiger partial charge in [0.15, 0.2) is 0 Å². The zero-order valence-electron chi connectivity index (χ0n) is 13.1. The van der Waals surface area contributed by atoms with E-state index in [2.05, 4.69) is 4.72 Å². The van der Waals surface area contributed by atoms with Crippen LogP contribution in [0.2, 0.25) is 0 Å². The Bertz CT molecular complexity index is 730. The van der Waals surface area contributed by atoms with Crippen molar-refractivity contribution in [3.05, 3.63) is 34.4 Å². The van der Waals surface area contributed by atoms with E-state index in [1.165, 1.54) is 18.2 Å². The summed E-state index contributed by atoms with van der Waals surface area (Å²) in [5.74, 6) is -0.919. The number of non-ortho nitro benzene ring substituents is 1. The number of aliphatic carboxylic acids is 1. The van der Waals surface area contributed by atoms with E-state index in [9.17, 15) is 23.3 Å². The Hall–Kier alpha value is -2.04. The summed E-state index contributed by atoms with van der Waals surface area (Å²) in [4.78, 5) is 22.5. The maximum atomic E-state index is 12.3. The molecule has 1 aromatic carbocycles. The Kier molecular flexibility index (Phi) is 5.52. The highest BCUT2D eigenvalue weighted by Gasteiger charge is 2.36. The van der Waals surface area contributed by atoms with Gasteiger partial charge in [0.1, 0.15) is 0 Å². The normalized spacial score (nSPS) is 20.6. The molecule has 0 bridgehead atoms. The maximum Gasteiger partial charge on any atom is 0.317 e. The molecule has 2 N–H and O–H groups in total. The number of nitro groups is 1. The highest BCUT2D eigenvalue weighted by Crippen LogP contribution is 2.27. The molecule has 1 saturated carbocycles. The first kappa shape index (κ1) is 18.3. The van der Waals surface area contributed by atoms with Crippen molar-refractivity contribution in [2.75, 3.05) is 13.1 Å². The topological polar surface area (TPSA) is 130 Å². The molecular weight excluding hydrogens is 338 g/mol. The molecule has 0 amide bonds. The fourth-order valence-electron chi connectivity index (χ4n) is 2.71. The number of rotatable bonds is 8. The molecule has 1 aromatic rings. The minimum atomic E-state index is -3.84. The van der Waals surface area contributed by atoms with Gasteiger partial charge in [-0.05, 0) is 25.5 Å². The Labute approximate surface area is 139 Å². The summed E-state index contributed by atoms with van der Waals surface area (Å²) in [6.07, 6.45) is 1.02. The lowest BCUT2D eigenvalue weighted by Gasteiger charge is -2.42. The monoisotopic (exact) mass is 357 g/mol. The molecule has 10 heteroatoms. The summed E-state index contributed by atoms with van der Waals surface area (Å²) in [6.45, 7) is 2.34. The maximum absolute atomic E-state index is 12.3. The highest BCUT2D eigenvalue weighted by molar-refractivity contribution is 7.89. The van der Waals surface area contributed by atoms with E-state index in [0.29, 0.717) is 19.4 Å². The number of benzene rings is 1. The lowest BCUT2D eigenvalue weighted by molar-refractivity contribution is -0.385. The third kappa shape index (κ3) is 4.28. The van der Waals surface area contributed by atoms with Gasteiger partial charge >= 0.3 is 5.97 Å². The molecule has 0 aliphatic heterocycles. The van der Waals surface area contributed by atoms with Crippen molar-refractivity contribution in [3.8, 4) is 0 Å². The lowest BCUT2D eigenvalue weighted by atomic mass is 9.86. The summed E-state index contributed by atoms with van der Waals surface area (Å²) in [7, 11) is -3.84. The van der Waals surface area contributed by atoms with Crippen LogP contribution in [-0.2, 0) is 14.8 Å². The van der Waals surface area contributed by atoms with Crippen LogP contribution in [0.25, 0.3) is 0 Å². The molecule has 0 aromatic heterocycles.